The Kier molecular flexibility index (Phi) is 3.49. The van der Waals surface area contributed by atoms with Gasteiger partial charge in [-0.1, -0.05) is 13.3 Å². The molecular weight excluding hydrogens is 160 g/mol. The highest BCUT2D eigenvalue weighted by Gasteiger charge is 2.26. The van der Waals surface area contributed by atoms with Gasteiger partial charge < -0.3 is 14.6 Å². The largest absolute Gasteiger partial charge is 0.481 e. The van der Waals surface area contributed by atoms with E-state index in [1.54, 1.807) is 0 Å². The van der Waals surface area contributed by atoms with Gasteiger partial charge in [-0.3, -0.25) is 4.79 Å². The van der Waals surface area contributed by atoms with E-state index < -0.39 is 5.97 Å². The van der Waals surface area contributed by atoms with Crippen molar-refractivity contribution in [1.29, 1.82) is 0 Å². The molecule has 0 amide bonds. The molecule has 4 nitrogen and oxygen atoms in total. The van der Waals surface area contributed by atoms with Gasteiger partial charge in [0.2, 0.25) is 0 Å². The van der Waals surface area contributed by atoms with Gasteiger partial charge in [0.25, 0.3) is 0 Å². The number of hydrogen-bond donors (Lipinski definition) is 1. The van der Waals surface area contributed by atoms with E-state index in [4.69, 9.17) is 14.6 Å². The molecule has 1 aliphatic heterocycles. The molecule has 2 atom stereocenters. The number of carboxylic acids is 1. The molecule has 12 heavy (non-hydrogen) atoms. The summed E-state index contributed by atoms with van der Waals surface area (Å²) in [4.78, 5) is 10.3. The zero-order valence-electron chi connectivity index (χ0n) is 7.16. The maximum absolute atomic E-state index is 10.3. The molecule has 0 aromatic heterocycles. The van der Waals surface area contributed by atoms with E-state index in [0.29, 0.717) is 6.61 Å². The summed E-state index contributed by atoms with van der Waals surface area (Å²) in [5, 5.41) is 8.45. The van der Waals surface area contributed by atoms with Crippen LogP contribution in [0.5, 0.6) is 0 Å². The van der Waals surface area contributed by atoms with E-state index in [-0.39, 0.29) is 18.8 Å². The number of ether oxygens (including phenoxy) is 2. The Morgan fingerprint density at radius 1 is 1.67 bits per heavy atom. The van der Waals surface area contributed by atoms with Crippen LogP contribution in [0.3, 0.4) is 0 Å². The highest BCUT2D eigenvalue weighted by molar-refractivity contribution is 5.67. The van der Waals surface area contributed by atoms with Crippen molar-refractivity contribution in [2.24, 2.45) is 0 Å². The lowest BCUT2D eigenvalue weighted by atomic mass is 10.3. The van der Waals surface area contributed by atoms with E-state index in [1.165, 1.54) is 0 Å². The number of carboxylic acid groups (broad SMARTS) is 1. The lowest BCUT2D eigenvalue weighted by Crippen LogP contribution is -2.16. The Morgan fingerprint density at radius 3 is 3.00 bits per heavy atom. The fraction of sp³-hybridized carbons (Fsp3) is 0.875. The molecule has 70 valence electrons. The van der Waals surface area contributed by atoms with Crippen molar-refractivity contribution in [3.05, 3.63) is 0 Å². The van der Waals surface area contributed by atoms with E-state index >= 15 is 0 Å². The van der Waals surface area contributed by atoms with Gasteiger partial charge in [-0.2, -0.15) is 0 Å². The van der Waals surface area contributed by atoms with Crippen LogP contribution in [-0.4, -0.2) is 30.1 Å². The van der Waals surface area contributed by atoms with Gasteiger partial charge >= 0.3 is 5.97 Å². The van der Waals surface area contributed by atoms with Crippen molar-refractivity contribution >= 4 is 5.97 Å². The molecular formula is C8H14O4. The fourth-order valence-electron chi connectivity index (χ4n) is 1.20. The first kappa shape index (κ1) is 9.48. The Labute approximate surface area is 71.5 Å². The summed E-state index contributed by atoms with van der Waals surface area (Å²) >= 11 is 0. The molecule has 1 N–H and O–H groups in total. The minimum atomic E-state index is -0.833. The molecule has 1 heterocycles. The molecule has 1 rings (SSSR count). The molecule has 0 bridgehead atoms. The van der Waals surface area contributed by atoms with Gasteiger partial charge in [0.05, 0.1) is 19.1 Å². The molecule has 1 saturated heterocycles. The first-order valence-electron chi connectivity index (χ1n) is 4.21. The third-order valence-corrected chi connectivity index (χ3v) is 1.74. The first-order valence-corrected chi connectivity index (χ1v) is 4.21. The summed E-state index contributed by atoms with van der Waals surface area (Å²) in [6.07, 6.45) is 1.44. The van der Waals surface area contributed by atoms with Crippen molar-refractivity contribution in [2.75, 3.05) is 6.61 Å². The van der Waals surface area contributed by atoms with E-state index in [1.807, 2.05) is 6.92 Å². The molecule has 0 spiro atoms. The van der Waals surface area contributed by atoms with Crippen LogP contribution >= 0.6 is 0 Å². The average Bonchev–Trinajstić information content (AvgIpc) is 2.36. The zero-order valence-corrected chi connectivity index (χ0v) is 7.16. The minimum absolute atomic E-state index is 0.0419. The van der Waals surface area contributed by atoms with Gasteiger partial charge in [-0.05, 0) is 6.42 Å². The Morgan fingerprint density at radius 2 is 2.42 bits per heavy atom. The second-order valence-corrected chi connectivity index (χ2v) is 2.91. The Hall–Kier alpha value is -0.610. The monoisotopic (exact) mass is 174 g/mol. The van der Waals surface area contributed by atoms with Gasteiger partial charge in [-0.15, -0.1) is 0 Å². The van der Waals surface area contributed by atoms with Crippen LogP contribution in [0, 0.1) is 0 Å². The fourth-order valence-corrected chi connectivity index (χ4v) is 1.20. The van der Waals surface area contributed by atoms with Crippen LogP contribution in [0.15, 0.2) is 0 Å². The Bertz CT molecular complexity index is 157. The summed E-state index contributed by atoms with van der Waals surface area (Å²) in [7, 11) is 0. The predicted molar refractivity (Wildman–Crippen MR) is 41.8 cm³/mol. The maximum Gasteiger partial charge on any atom is 0.306 e. The van der Waals surface area contributed by atoms with Gasteiger partial charge in [0, 0.05) is 0 Å². The average molecular weight is 174 g/mol. The van der Waals surface area contributed by atoms with Crippen molar-refractivity contribution in [3.8, 4) is 0 Å². The summed E-state index contributed by atoms with van der Waals surface area (Å²) < 4.78 is 10.5. The third kappa shape index (κ3) is 2.79. The normalized spacial score (nSPS) is 29.1. The number of carbonyl (C=O) groups is 1. The molecule has 4 heteroatoms. The lowest BCUT2D eigenvalue weighted by molar-refractivity contribution is -0.140. The smallest absolute Gasteiger partial charge is 0.306 e. The summed E-state index contributed by atoms with van der Waals surface area (Å²) in [5.74, 6) is -0.833. The molecule has 1 fully saturated rings. The van der Waals surface area contributed by atoms with Gasteiger partial charge in [0.1, 0.15) is 0 Å². The number of hydrogen-bond acceptors (Lipinski definition) is 3. The summed E-state index contributed by atoms with van der Waals surface area (Å²) in [5.41, 5.74) is 0. The third-order valence-electron chi connectivity index (χ3n) is 1.74. The van der Waals surface area contributed by atoms with Crippen LogP contribution in [0.1, 0.15) is 26.2 Å². The molecule has 0 aromatic carbocycles. The quantitative estimate of drug-likeness (QED) is 0.690. The van der Waals surface area contributed by atoms with Crippen LogP contribution in [-0.2, 0) is 14.3 Å². The van der Waals surface area contributed by atoms with Crippen molar-refractivity contribution in [1.82, 2.24) is 0 Å². The summed E-state index contributed by atoms with van der Waals surface area (Å²) in [6, 6.07) is 0. The number of rotatable bonds is 4. The molecule has 1 aliphatic rings. The van der Waals surface area contributed by atoms with E-state index in [0.717, 1.165) is 12.8 Å². The highest BCUT2D eigenvalue weighted by Crippen LogP contribution is 2.17. The van der Waals surface area contributed by atoms with Crippen LogP contribution in [0.2, 0.25) is 0 Å². The predicted octanol–water partition coefficient (Wildman–Crippen LogP) is 1.00. The molecule has 0 aliphatic carbocycles. The van der Waals surface area contributed by atoms with Crippen molar-refractivity contribution in [3.63, 3.8) is 0 Å². The molecule has 0 radical (unpaired) electrons. The topological polar surface area (TPSA) is 55.8 Å². The maximum atomic E-state index is 10.3. The van der Waals surface area contributed by atoms with Gasteiger partial charge in [-0.25, -0.2) is 0 Å². The number of aliphatic carboxylic acids is 1. The molecule has 2 unspecified atom stereocenters. The standard InChI is InChI=1S/C8H14O4/c1-2-3-8-11-5-6(12-8)4-7(9)10/h6,8H,2-5H2,1H3,(H,9,10). The van der Waals surface area contributed by atoms with Crippen LogP contribution < -0.4 is 0 Å². The van der Waals surface area contributed by atoms with E-state index in [2.05, 4.69) is 0 Å². The SMILES string of the molecule is CCCC1OCC(CC(=O)O)O1. The van der Waals surface area contributed by atoms with Gasteiger partial charge in [0.15, 0.2) is 6.29 Å². The second-order valence-electron chi connectivity index (χ2n) is 2.91. The minimum Gasteiger partial charge on any atom is -0.481 e. The second kappa shape index (κ2) is 4.42. The van der Waals surface area contributed by atoms with E-state index in [9.17, 15) is 4.79 Å². The molecule has 0 aromatic rings. The van der Waals surface area contributed by atoms with Crippen molar-refractivity contribution < 1.29 is 19.4 Å². The Balaban J connectivity index is 2.21. The molecule has 0 saturated carbocycles. The van der Waals surface area contributed by atoms with Crippen LogP contribution in [0.4, 0.5) is 0 Å². The van der Waals surface area contributed by atoms with Crippen molar-refractivity contribution in [2.45, 2.75) is 38.6 Å². The summed E-state index contributed by atoms with van der Waals surface area (Å²) in [6.45, 7) is 2.45. The highest BCUT2D eigenvalue weighted by atomic mass is 16.7. The first-order chi connectivity index (χ1) is 5.72. The van der Waals surface area contributed by atoms with Crippen LogP contribution in [0.25, 0.3) is 0 Å². The lowest BCUT2D eigenvalue weighted by Gasteiger charge is -2.07. The zero-order chi connectivity index (χ0) is 8.97.